The van der Waals surface area contributed by atoms with Crippen LogP contribution in [0.15, 0.2) is 47.2 Å². The number of ether oxygens (including phenoxy) is 2. The molecule has 0 bridgehead atoms. The first-order valence-corrected chi connectivity index (χ1v) is 9.03. The first kappa shape index (κ1) is 21.1. The summed E-state index contributed by atoms with van der Waals surface area (Å²) in [6, 6.07) is 7.94. The molecule has 5 nitrogen and oxygen atoms in total. The third kappa shape index (κ3) is 3.47. The van der Waals surface area contributed by atoms with E-state index >= 15 is 0 Å². The van der Waals surface area contributed by atoms with Gasteiger partial charge in [-0.2, -0.15) is 13.2 Å². The number of allylic oxidation sites excluding steroid dienone is 3. The zero-order valence-corrected chi connectivity index (χ0v) is 16.2. The lowest BCUT2D eigenvalue weighted by molar-refractivity contribution is -0.378. The summed E-state index contributed by atoms with van der Waals surface area (Å²) < 4.78 is 51.7. The van der Waals surface area contributed by atoms with Gasteiger partial charge in [-0.15, -0.1) is 0 Å². The molecule has 1 aromatic carbocycles. The number of hydrogen-bond acceptors (Lipinski definition) is 5. The lowest BCUT2D eigenvalue weighted by Gasteiger charge is -2.48. The van der Waals surface area contributed by atoms with E-state index in [0.29, 0.717) is 5.56 Å². The van der Waals surface area contributed by atoms with Gasteiger partial charge >= 0.3 is 17.9 Å². The highest BCUT2D eigenvalue weighted by atomic mass is 19.4. The predicted octanol–water partition coefficient (Wildman–Crippen LogP) is 3.67. The van der Waals surface area contributed by atoms with E-state index in [1.165, 1.54) is 12.1 Å². The first-order valence-electron chi connectivity index (χ1n) is 9.03. The Morgan fingerprint density at radius 2 is 1.86 bits per heavy atom. The van der Waals surface area contributed by atoms with Crippen LogP contribution in [0.1, 0.15) is 38.2 Å². The Balaban J connectivity index is 2.36. The Bertz CT molecular complexity index is 897. The molecule has 3 rings (SSSR count). The lowest BCUT2D eigenvalue weighted by Crippen LogP contribution is -2.60. The number of methoxy groups -OCH3 is 1. The second-order valence-corrected chi connectivity index (χ2v) is 8.12. The molecule has 1 aliphatic heterocycles. The monoisotopic (exact) mass is 410 g/mol. The SMILES string of the molecule is COC(=O)[C@H]1[C@H](c2ccccc2)C2=C(CC(C)(C)CC2=C=O)O[C@]1(O)C(F)(F)F. The van der Waals surface area contributed by atoms with Crippen molar-refractivity contribution in [2.45, 2.75) is 44.6 Å². The standard InChI is InChI=1S/C21H21F3O5/c1-19(2)9-13(11-25)15-14(10-19)29-20(27,21(22,23)24)17(18(26)28-3)16(15)12-7-5-4-6-8-12/h4-8,16-17,27H,9-10H2,1-3H3/t16-,17-,20+/m1/s1. The van der Waals surface area contributed by atoms with Gasteiger partial charge in [-0.25, -0.2) is 4.79 Å². The molecule has 0 radical (unpaired) electrons. The maximum atomic E-state index is 14.0. The van der Waals surface area contributed by atoms with Gasteiger partial charge in [0.05, 0.1) is 7.11 Å². The Kier molecular flexibility index (Phi) is 5.13. The number of aliphatic hydroxyl groups is 1. The van der Waals surface area contributed by atoms with Gasteiger partial charge in [0.25, 0.3) is 0 Å². The molecule has 0 spiro atoms. The van der Waals surface area contributed by atoms with Crippen LogP contribution in [0.5, 0.6) is 0 Å². The molecule has 0 fully saturated rings. The van der Waals surface area contributed by atoms with E-state index in [1.807, 2.05) is 5.94 Å². The van der Waals surface area contributed by atoms with Gasteiger partial charge in [0.1, 0.15) is 17.6 Å². The van der Waals surface area contributed by atoms with Crippen molar-refractivity contribution in [3.8, 4) is 0 Å². The summed E-state index contributed by atoms with van der Waals surface area (Å²) in [6.45, 7) is 3.54. The zero-order chi connectivity index (χ0) is 21.6. The third-order valence-electron chi connectivity index (χ3n) is 5.41. The minimum absolute atomic E-state index is 0.0587. The fraction of sp³-hybridized carbons (Fsp3) is 0.476. The summed E-state index contributed by atoms with van der Waals surface area (Å²) >= 11 is 0. The fourth-order valence-electron chi connectivity index (χ4n) is 4.20. The normalized spacial score (nSPS) is 28.9. The molecule has 1 heterocycles. The average Bonchev–Trinajstić information content (AvgIpc) is 2.64. The van der Waals surface area contributed by atoms with Crippen molar-refractivity contribution >= 4 is 11.9 Å². The van der Waals surface area contributed by atoms with Crippen molar-refractivity contribution in [3.63, 3.8) is 0 Å². The molecule has 29 heavy (non-hydrogen) atoms. The predicted molar refractivity (Wildman–Crippen MR) is 96.0 cm³/mol. The zero-order valence-electron chi connectivity index (χ0n) is 16.2. The van der Waals surface area contributed by atoms with E-state index in [9.17, 15) is 27.9 Å². The molecular weight excluding hydrogens is 389 g/mol. The number of benzene rings is 1. The summed E-state index contributed by atoms with van der Waals surface area (Å²) in [6.07, 6.45) is -4.98. The largest absolute Gasteiger partial charge is 0.469 e. The van der Waals surface area contributed by atoms with Crippen molar-refractivity contribution in [2.75, 3.05) is 7.11 Å². The van der Waals surface area contributed by atoms with Crippen molar-refractivity contribution in [2.24, 2.45) is 11.3 Å². The average molecular weight is 410 g/mol. The van der Waals surface area contributed by atoms with Crippen LogP contribution in [-0.2, 0) is 19.1 Å². The molecule has 1 aromatic rings. The van der Waals surface area contributed by atoms with E-state index in [0.717, 1.165) is 7.11 Å². The van der Waals surface area contributed by atoms with Gasteiger partial charge in [-0.05, 0) is 17.4 Å². The van der Waals surface area contributed by atoms with E-state index < -0.39 is 35.2 Å². The molecule has 1 aliphatic carbocycles. The Labute approximate surface area is 165 Å². The van der Waals surface area contributed by atoms with Crippen LogP contribution in [0.4, 0.5) is 13.2 Å². The van der Waals surface area contributed by atoms with Crippen LogP contribution in [0.3, 0.4) is 0 Å². The van der Waals surface area contributed by atoms with Crippen molar-refractivity contribution in [3.05, 3.63) is 52.8 Å². The Morgan fingerprint density at radius 1 is 1.24 bits per heavy atom. The van der Waals surface area contributed by atoms with Crippen LogP contribution in [-0.4, -0.2) is 36.1 Å². The number of rotatable bonds is 2. The van der Waals surface area contributed by atoms with Crippen molar-refractivity contribution < 1.29 is 37.3 Å². The van der Waals surface area contributed by atoms with E-state index in [1.54, 1.807) is 32.0 Å². The molecule has 0 aromatic heterocycles. The number of esters is 1. The molecular formula is C21H21F3O5. The van der Waals surface area contributed by atoms with Crippen LogP contribution >= 0.6 is 0 Å². The summed E-state index contributed by atoms with van der Waals surface area (Å²) in [5.74, 6) is -6.88. The quantitative estimate of drug-likeness (QED) is 0.595. The molecule has 0 unspecified atom stereocenters. The molecule has 3 atom stereocenters. The molecule has 0 saturated carbocycles. The number of halogens is 3. The molecule has 1 N–H and O–H groups in total. The van der Waals surface area contributed by atoms with E-state index in [4.69, 9.17) is 4.74 Å². The van der Waals surface area contributed by atoms with Crippen LogP contribution in [0.2, 0.25) is 0 Å². The third-order valence-corrected chi connectivity index (χ3v) is 5.41. The van der Waals surface area contributed by atoms with Crippen molar-refractivity contribution in [1.82, 2.24) is 0 Å². The van der Waals surface area contributed by atoms with Crippen molar-refractivity contribution in [1.29, 1.82) is 0 Å². The summed E-state index contributed by atoms with van der Waals surface area (Å²) in [7, 11) is 0.936. The Morgan fingerprint density at radius 3 is 2.38 bits per heavy atom. The van der Waals surface area contributed by atoms with Gasteiger partial charge in [0, 0.05) is 23.5 Å². The minimum Gasteiger partial charge on any atom is -0.469 e. The molecule has 0 saturated heterocycles. The second kappa shape index (κ2) is 7.04. The van der Waals surface area contributed by atoms with Gasteiger partial charge in [0.15, 0.2) is 0 Å². The van der Waals surface area contributed by atoms with Gasteiger partial charge in [-0.3, -0.25) is 4.79 Å². The molecule has 2 aliphatic rings. The number of carbonyl (C=O) groups excluding carboxylic acids is 2. The van der Waals surface area contributed by atoms with Crippen LogP contribution in [0.25, 0.3) is 0 Å². The van der Waals surface area contributed by atoms with Crippen LogP contribution in [0, 0.1) is 11.3 Å². The highest BCUT2D eigenvalue weighted by Gasteiger charge is 2.69. The summed E-state index contributed by atoms with van der Waals surface area (Å²) in [4.78, 5) is 24.2. The van der Waals surface area contributed by atoms with Gasteiger partial charge in [0.2, 0.25) is 0 Å². The summed E-state index contributed by atoms with van der Waals surface area (Å²) in [5, 5.41) is 10.7. The molecule has 156 valence electrons. The van der Waals surface area contributed by atoms with Crippen LogP contribution < -0.4 is 0 Å². The summed E-state index contributed by atoms with van der Waals surface area (Å²) in [5.41, 5.74) is 0.0316. The van der Waals surface area contributed by atoms with E-state index in [2.05, 4.69) is 4.74 Å². The fourth-order valence-corrected chi connectivity index (χ4v) is 4.20. The minimum atomic E-state index is -5.29. The maximum Gasteiger partial charge on any atom is 0.456 e. The molecule has 0 amide bonds. The van der Waals surface area contributed by atoms with E-state index in [-0.39, 0.29) is 29.7 Å². The molecule has 8 heteroatoms. The highest BCUT2D eigenvalue weighted by Crippen LogP contribution is 2.57. The van der Waals surface area contributed by atoms with Gasteiger partial charge < -0.3 is 14.6 Å². The number of hydrogen-bond donors (Lipinski definition) is 1. The highest BCUT2D eigenvalue weighted by molar-refractivity contribution is 5.78. The topological polar surface area (TPSA) is 72.8 Å². The smallest absolute Gasteiger partial charge is 0.456 e. The number of alkyl halides is 3. The Hall–Kier alpha value is -2.57. The maximum absolute atomic E-state index is 14.0. The second-order valence-electron chi connectivity index (χ2n) is 8.12. The number of carbonyl (C=O) groups is 1. The van der Waals surface area contributed by atoms with Gasteiger partial charge in [-0.1, -0.05) is 44.2 Å². The lowest BCUT2D eigenvalue weighted by atomic mass is 9.65. The first-order chi connectivity index (χ1) is 13.4.